The highest BCUT2D eigenvalue weighted by molar-refractivity contribution is 5.71. The van der Waals surface area contributed by atoms with Gasteiger partial charge in [0.05, 0.1) is 21.3 Å². The van der Waals surface area contributed by atoms with Gasteiger partial charge in [0, 0.05) is 0 Å². The summed E-state index contributed by atoms with van der Waals surface area (Å²) in [5, 5.41) is 4.94. The maximum absolute atomic E-state index is 11.3. The van der Waals surface area contributed by atoms with Crippen LogP contribution in [0.15, 0.2) is 24.3 Å². The first kappa shape index (κ1) is 14.6. The predicted molar refractivity (Wildman–Crippen MR) is 66.8 cm³/mol. The van der Waals surface area contributed by atoms with Gasteiger partial charge in [-0.25, -0.2) is 9.59 Å². The summed E-state index contributed by atoms with van der Waals surface area (Å²) in [5.74, 6) is 0.598. The summed E-state index contributed by atoms with van der Waals surface area (Å²) in [6, 6.07) is 6.88. The fraction of sp³-hybridized carbons (Fsp3) is 0.333. The molecular weight excluding hydrogens is 252 g/mol. The molecule has 0 radical (unpaired) electrons. The van der Waals surface area contributed by atoms with Gasteiger partial charge in [-0.2, -0.15) is 0 Å². The Morgan fingerprint density at radius 1 is 1.05 bits per heavy atom. The fourth-order valence-electron chi connectivity index (χ4n) is 1.38. The maximum atomic E-state index is 11.3. The van der Waals surface area contributed by atoms with Crippen LogP contribution in [0.5, 0.6) is 5.75 Å². The molecule has 0 saturated carbocycles. The summed E-state index contributed by atoms with van der Waals surface area (Å²) in [4.78, 5) is 22.5. The Balaban J connectivity index is 2.92. The normalized spacial score (nSPS) is 9.68. The van der Waals surface area contributed by atoms with Gasteiger partial charge in [-0.15, -0.1) is 0 Å². The van der Waals surface area contributed by atoms with E-state index in [9.17, 15) is 9.59 Å². The van der Waals surface area contributed by atoms with Gasteiger partial charge < -0.3 is 14.2 Å². The van der Waals surface area contributed by atoms with Crippen molar-refractivity contribution >= 4 is 12.2 Å². The van der Waals surface area contributed by atoms with Crippen LogP contribution in [0.4, 0.5) is 9.59 Å². The molecule has 0 aromatic heterocycles. The van der Waals surface area contributed by atoms with Gasteiger partial charge in [0.2, 0.25) is 0 Å². The molecule has 104 valence electrons. The molecule has 1 aromatic carbocycles. The lowest BCUT2D eigenvalue weighted by Crippen LogP contribution is -2.41. The van der Waals surface area contributed by atoms with E-state index in [1.165, 1.54) is 21.3 Å². The van der Waals surface area contributed by atoms with Crippen LogP contribution >= 0.6 is 0 Å². The second-order valence-electron chi connectivity index (χ2n) is 3.48. The summed E-state index contributed by atoms with van der Waals surface area (Å²) in [7, 11) is 3.99. The molecule has 2 amide bonds. The lowest BCUT2D eigenvalue weighted by Gasteiger charge is -2.19. The van der Waals surface area contributed by atoms with Crippen LogP contribution in [-0.2, 0) is 9.47 Å². The zero-order valence-electron chi connectivity index (χ0n) is 10.9. The molecule has 0 saturated heterocycles. The number of hydrogen-bond donors (Lipinski definition) is 2. The Hall–Kier alpha value is -2.44. The van der Waals surface area contributed by atoms with Gasteiger partial charge in [-0.1, -0.05) is 12.1 Å². The Labute approximate surface area is 110 Å². The van der Waals surface area contributed by atoms with Crippen molar-refractivity contribution in [1.29, 1.82) is 0 Å². The zero-order valence-corrected chi connectivity index (χ0v) is 10.9. The van der Waals surface area contributed by atoms with E-state index in [1.807, 2.05) is 0 Å². The first-order chi connectivity index (χ1) is 9.10. The van der Waals surface area contributed by atoms with E-state index < -0.39 is 18.4 Å². The van der Waals surface area contributed by atoms with Crippen LogP contribution in [0.3, 0.4) is 0 Å². The van der Waals surface area contributed by atoms with Gasteiger partial charge >= 0.3 is 12.2 Å². The van der Waals surface area contributed by atoms with Gasteiger partial charge in [0.15, 0.2) is 0 Å². The van der Waals surface area contributed by atoms with E-state index >= 15 is 0 Å². The molecule has 7 heteroatoms. The SMILES string of the molecule is COC(=O)NC(NC(=O)OC)c1cccc(OC)c1. The third-order valence-corrected chi connectivity index (χ3v) is 2.32. The van der Waals surface area contributed by atoms with Crippen molar-refractivity contribution in [2.75, 3.05) is 21.3 Å². The van der Waals surface area contributed by atoms with Crippen molar-refractivity contribution in [2.45, 2.75) is 6.17 Å². The molecule has 1 aromatic rings. The lowest BCUT2D eigenvalue weighted by molar-refractivity contribution is 0.153. The minimum Gasteiger partial charge on any atom is -0.497 e. The second kappa shape index (κ2) is 7.10. The third kappa shape index (κ3) is 4.38. The number of carbonyl (C=O) groups is 2. The van der Waals surface area contributed by atoms with Crippen molar-refractivity contribution in [1.82, 2.24) is 10.6 Å². The molecule has 0 bridgehead atoms. The quantitative estimate of drug-likeness (QED) is 0.806. The number of benzene rings is 1. The molecular formula is C12H16N2O5. The van der Waals surface area contributed by atoms with Gasteiger partial charge in [0.25, 0.3) is 0 Å². The molecule has 0 fully saturated rings. The average Bonchev–Trinajstić information content (AvgIpc) is 2.46. The number of ether oxygens (including phenoxy) is 3. The zero-order chi connectivity index (χ0) is 14.3. The summed E-state index contributed by atoms with van der Waals surface area (Å²) in [5.41, 5.74) is 0.621. The van der Waals surface area contributed by atoms with Crippen molar-refractivity contribution in [2.24, 2.45) is 0 Å². The predicted octanol–water partition coefficient (Wildman–Crippen LogP) is 1.41. The van der Waals surface area contributed by atoms with Crippen LogP contribution < -0.4 is 15.4 Å². The van der Waals surface area contributed by atoms with E-state index in [-0.39, 0.29) is 0 Å². The molecule has 0 heterocycles. The minimum absolute atomic E-state index is 0.598. The van der Waals surface area contributed by atoms with Crippen LogP contribution in [-0.4, -0.2) is 33.5 Å². The second-order valence-corrected chi connectivity index (χ2v) is 3.48. The Morgan fingerprint density at radius 3 is 2.11 bits per heavy atom. The summed E-state index contributed by atoms with van der Waals surface area (Å²) in [6.07, 6.45) is -2.14. The maximum Gasteiger partial charge on any atom is 0.408 e. The molecule has 7 nitrogen and oxygen atoms in total. The molecule has 0 aliphatic rings. The van der Waals surface area contributed by atoms with E-state index in [4.69, 9.17) is 4.74 Å². The largest absolute Gasteiger partial charge is 0.497 e. The number of rotatable bonds is 4. The standard InChI is InChI=1S/C12H16N2O5/c1-17-9-6-4-5-8(7-9)10(13-11(15)18-2)14-12(16)19-3/h4-7,10H,1-3H3,(H,13,15)(H,14,16). The van der Waals surface area contributed by atoms with E-state index in [1.54, 1.807) is 24.3 Å². The smallest absolute Gasteiger partial charge is 0.408 e. The van der Waals surface area contributed by atoms with Crippen molar-refractivity contribution in [3.63, 3.8) is 0 Å². The van der Waals surface area contributed by atoms with Crippen molar-refractivity contribution in [3.8, 4) is 5.75 Å². The average molecular weight is 268 g/mol. The van der Waals surface area contributed by atoms with Crippen molar-refractivity contribution < 1.29 is 23.8 Å². The lowest BCUT2D eigenvalue weighted by atomic mass is 10.1. The molecule has 0 aliphatic heterocycles. The summed E-state index contributed by atoms with van der Waals surface area (Å²) in [6.45, 7) is 0. The topological polar surface area (TPSA) is 85.9 Å². The molecule has 0 aliphatic carbocycles. The first-order valence-electron chi connectivity index (χ1n) is 5.43. The number of amides is 2. The summed E-state index contributed by atoms with van der Waals surface area (Å²) >= 11 is 0. The van der Waals surface area contributed by atoms with Crippen LogP contribution in [0.1, 0.15) is 11.7 Å². The minimum atomic E-state index is -0.782. The van der Waals surface area contributed by atoms with Gasteiger partial charge in [-0.05, 0) is 17.7 Å². The Morgan fingerprint density at radius 2 is 1.63 bits per heavy atom. The summed E-state index contributed by atoms with van der Waals surface area (Å²) < 4.78 is 14.1. The highest BCUT2D eigenvalue weighted by Gasteiger charge is 2.18. The van der Waals surface area contributed by atoms with Crippen LogP contribution in [0.2, 0.25) is 0 Å². The van der Waals surface area contributed by atoms with Gasteiger partial charge in [0.1, 0.15) is 11.9 Å². The molecule has 2 N–H and O–H groups in total. The molecule has 1 rings (SSSR count). The van der Waals surface area contributed by atoms with E-state index in [2.05, 4.69) is 20.1 Å². The molecule has 0 spiro atoms. The number of methoxy groups -OCH3 is 3. The highest BCUT2D eigenvalue weighted by Crippen LogP contribution is 2.17. The van der Waals surface area contributed by atoms with E-state index in [0.717, 1.165) is 0 Å². The Bertz CT molecular complexity index is 432. The highest BCUT2D eigenvalue weighted by atomic mass is 16.5. The van der Waals surface area contributed by atoms with E-state index in [0.29, 0.717) is 11.3 Å². The number of carbonyl (C=O) groups excluding carboxylic acids is 2. The number of hydrogen-bond acceptors (Lipinski definition) is 5. The number of alkyl carbamates (subject to hydrolysis) is 2. The molecule has 0 unspecified atom stereocenters. The fourth-order valence-corrected chi connectivity index (χ4v) is 1.38. The number of nitrogens with one attached hydrogen (secondary N) is 2. The first-order valence-corrected chi connectivity index (χ1v) is 5.43. The Kier molecular flexibility index (Phi) is 5.46. The van der Waals surface area contributed by atoms with Crippen LogP contribution in [0, 0.1) is 0 Å². The monoisotopic (exact) mass is 268 g/mol. The van der Waals surface area contributed by atoms with Crippen molar-refractivity contribution in [3.05, 3.63) is 29.8 Å². The third-order valence-electron chi connectivity index (χ3n) is 2.32. The molecule has 0 atom stereocenters. The molecule has 19 heavy (non-hydrogen) atoms. The van der Waals surface area contributed by atoms with Gasteiger partial charge in [-0.3, -0.25) is 10.6 Å². The van der Waals surface area contributed by atoms with Crippen LogP contribution in [0.25, 0.3) is 0 Å².